The van der Waals surface area contributed by atoms with Gasteiger partial charge in [-0.1, -0.05) is 12.1 Å². The number of hydroxylamine groups is 1. The summed E-state index contributed by atoms with van der Waals surface area (Å²) in [6.45, 7) is 0.723. The van der Waals surface area contributed by atoms with E-state index in [1.54, 1.807) is 12.1 Å². The number of nitrogens with zero attached hydrogens (tertiary/aromatic N) is 2. The van der Waals surface area contributed by atoms with E-state index < -0.39 is 39.4 Å². The molecule has 2 aromatic rings. The molecule has 1 amide bonds. The third-order valence-corrected chi connectivity index (χ3v) is 9.22. The van der Waals surface area contributed by atoms with Crippen molar-refractivity contribution in [2.75, 3.05) is 19.8 Å². The number of alkyl halides is 3. The van der Waals surface area contributed by atoms with E-state index in [2.05, 4.69) is 15.4 Å². The van der Waals surface area contributed by atoms with Crippen molar-refractivity contribution < 1.29 is 40.7 Å². The molecule has 1 N–H and O–H groups in total. The van der Waals surface area contributed by atoms with Crippen molar-refractivity contribution >= 4 is 15.7 Å². The molecular formula is C25H30F3N3O6S. The number of nitrogens with one attached hydrogen (secondary N) is 1. The standard InChI is InChI=1S/C25H30F3N3O6S/c26-25(27,28)10-3-4-19-16-30-21(17-29-19)18-6-8-20(9-7-18)38(33,34)24(11-14-35-15-12-24)23(32)31-37-22-5-1-2-13-36-22/h6-9,16-17,22H,1-5,10-15H2,(H,31,32). The van der Waals surface area contributed by atoms with E-state index in [9.17, 15) is 26.4 Å². The van der Waals surface area contributed by atoms with Crippen LogP contribution in [0, 0.1) is 0 Å². The second kappa shape index (κ2) is 12.1. The molecule has 4 rings (SSSR count). The van der Waals surface area contributed by atoms with E-state index in [1.807, 2.05) is 0 Å². The van der Waals surface area contributed by atoms with Crippen LogP contribution in [0.4, 0.5) is 13.2 Å². The topological polar surface area (TPSA) is 117 Å². The van der Waals surface area contributed by atoms with Crippen LogP contribution in [-0.4, -0.2) is 61.3 Å². The summed E-state index contributed by atoms with van der Waals surface area (Å²) < 4.78 is 73.6. The number of hydrogen-bond acceptors (Lipinski definition) is 8. The van der Waals surface area contributed by atoms with E-state index in [1.165, 1.54) is 24.5 Å². The minimum absolute atomic E-state index is 0.0287. The van der Waals surface area contributed by atoms with Crippen LogP contribution in [-0.2, 0) is 35.4 Å². The Morgan fingerprint density at radius 1 is 1.08 bits per heavy atom. The lowest BCUT2D eigenvalue weighted by atomic mass is 9.98. The molecule has 0 spiro atoms. The van der Waals surface area contributed by atoms with Gasteiger partial charge in [-0.15, -0.1) is 0 Å². The van der Waals surface area contributed by atoms with Gasteiger partial charge in [0.15, 0.2) is 20.9 Å². The third kappa shape index (κ3) is 6.68. The number of sulfone groups is 1. The third-order valence-electron chi connectivity index (χ3n) is 6.71. The number of aromatic nitrogens is 2. The van der Waals surface area contributed by atoms with Crippen LogP contribution in [0.3, 0.4) is 0 Å². The molecule has 0 radical (unpaired) electrons. The van der Waals surface area contributed by atoms with Crippen LogP contribution < -0.4 is 5.48 Å². The number of halogens is 3. The molecule has 0 aliphatic carbocycles. The normalized spacial score (nSPS) is 20.1. The smallest absolute Gasteiger partial charge is 0.381 e. The largest absolute Gasteiger partial charge is 0.389 e. The predicted molar refractivity (Wildman–Crippen MR) is 129 cm³/mol. The quantitative estimate of drug-likeness (QED) is 0.461. The zero-order valence-electron chi connectivity index (χ0n) is 20.7. The average molecular weight is 558 g/mol. The Bertz CT molecular complexity index is 1180. The van der Waals surface area contributed by atoms with Gasteiger partial charge in [0.1, 0.15) is 0 Å². The number of carbonyl (C=O) groups is 1. The molecule has 2 fully saturated rings. The molecular weight excluding hydrogens is 527 g/mol. The summed E-state index contributed by atoms with van der Waals surface area (Å²) in [7, 11) is -4.14. The maximum Gasteiger partial charge on any atom is 0.389 e. The lowest BCUT2D eigenvalue weighted by Gasteiger charge is -2.35. The van der Waals surface area contributed by atoms with Gasteiger partial charge in [-0.05, 0) is 50.7 Å². The first-order valence-corrected chi connectivity index (χ1v) is 14.0. The first kappa shape index (κ1) is 28.4. The number of rotatable bonds is 9. The molecule has 38 heavy (non-hydrogen) atoms. The maximum absolute atomic E-state index is 13.8. The first-order valence-electron chi connectivity index (χ1n) is 12.5. The van der Waals surface area contributed by atoms with Gasteiger partial charge in [-0.25, -0.2) is 18.7 Å². The van der Waals surface area contributed by atoms with Gasteiger partial charge in [0.2, 0.25) is 0 Å². The van der Waals surface area contributed by atoms with E-state index >= 15 is 0 Å². The fourth-order valence-electron chi connectivity index (χ4n) is 4.47. The summed E-state index contributed by atoms with van der Waals surface area (Å²) in [5.41, 5.74) is 3.77. The van der Waals surface area contributed by atoms with Crippen LogP contribution in [0.1, 0.15) is 50.6 Å². The molecule has 0 saturated carbocycles. The molecule has 1 unspecified atom stereocenters. The summed E-state index contributed by atoms with van der Waals surface area (Å²) in [5.74, 6) is -0.758. The Labute approximate surface area is 219 Å². The Hall–Kier alpha value is -2.61. The monoisotopic (exact) mass is 557 g/mol. The van der Waals surface area contributed by atoms with E-state index in [-0.39, 0.29) is 43.8 Å². The van der Waals surface area contributed by atoms with Gasteiger partial charge in [0.05, 0.1) is 22.5 Å². The summed E-state index contributed by atoms with van der Waals surface area (Å²) >= 11 is 0. The fourth-order valence-corrected chi connectivity index (χ4v) is 6.40. The molecule has 2 saturated heterocycles. The van der Waals surface area contributed by atoms with Crippen LogP contribution in [0.2, 0.25) is 0 Å². The summed E-state index contributed by atoms with van der Waals surface area (Å²) in [5, 5.41) is 0. The molecule has 1 aromatic carbocycles. The van der Waals surface area contributed by atoms with E-state index in [0.717, 1.165) is 12.8 Å². The second-order valence-corrected chi connectivity index (χ2v) is 11.6. The lowest BCUT2D eigenvalue weighted by Crippen LogP contribution is -2.56. The van der Waals surface area contributed by atoms with Gasteiger partial charge in [0, 0.05) is 44.4 Å². The van der Waals surface area contributed by atoms with E-state index in [0.29, 0.717) is 30.0 Å². The summed E-state index contributed by atoms with van der Waals surface area (Å²) in [6, 6.07) is 5.91. The summed E-state index contributed by atoms with van der Waals surface area (Å²) in [4.78, 5) is 27.0. The van der Waals surface area contributed by atoms with Gasteiger partial charge >= 0.3 is 6.18 Å². The number of hydrogen-bond donors (Lipinski definition) is 1. The highest BCUT2D eigenvalue weighted by Gasteiger charge is 2.52. The van der Waals surface area contributed by atoms with Crippen molar-refractivity contribution in [1.29, 1.82) is 0 Å². The summed E-state index contributed by atoms with van der Waals surface area (Å²) in [6.07, 6.45) is -0.485. The highest BCUT2D eigenvalue weighted by atomic mass is 32.2. The molecule has 2 aliphatic rings. The van der Waals surface area contributed by atoms with Crippen LogP contribution in [0.15, 0.2) is 41.6 Å². The lowest BCUT2D eigenvalue weighted by molar-refractivity contribution is -0.202. The number of aryl methyl sites for hydroxylation is 1. The first-order chi connectivity index (χ1) is 18.1. The molecule has 1 atom stereocenters. The van der Waals surface area contributed by atoms with Gasteiger partial charge in [-0.3, -0.25) is 14.8 Å². The predicted octanol–water partition coefficient (Wildman–Crippen LogP) is 3.93. The van der Waals surface area contributed by atoms with Crippen LogP contribution >= 0.6 is 0 Å². The average Bonchev–Trinajstić information content (AvgIpc) is 2.92. The molecule has 208 valence electrons. The SMILES string of the molecule is O=C(NOC1CCCCO1)C1(S(=O)(=O)c2ccc(-c3cnc(CCCC(F)(F)F)cn3)cc2)CCOCC1. The molecule has 1 aromatic heterocycles. The number of benzene rings is 1. The zero-order chi connectivity index (χ0) is 27.2. The van der Waals surface area contributed by atoms with Crippen LogP contribution in [0.5, 0.6) is 0 Å². The highest BCUT2D eigenvalue weighted by molar-refractivity contribution is 7.93. The highest BCUT2D eigenvalue weighted by Crippen LogP contribution is 2.36. The Kier molecular flexibility index (Phi) is 9.01. The fraction of sp³-hybridized carbons (Fsp3) is 0.560. The van der Waals surface area contributed by atoms with E-state index in [4.69, 9.17) is 14.3 Å². The van der Waals surface area contributed by atoms with Crippen molar-refractivity contribution in [1.82, 2.24) is 15.4 Å². The van der Waals surface area contributed by atoms with Crippen molar-refractivity contribution in [2.24, 2.45) is 0 Å². The minimum Gasteiger partial charge on any atom is -0.381 e. The molecule has 0 bridgehead atoms. The maximum atomic E-state index is 13.8. The Morgan fingerprint density at radius 3 is 2.42 bits per heavy atom. The van der Waals surface area contributed by atoms with Crippen LogP contribution in [0.25, 0.3) is 11.3 Å². The zero-order valence-corrected chi connectivity index (χ0v) is 21.5. The van der Waals surface area contributed by atoms with Gasteiger partial charge in [0.25, 0.3) is 5.91 Å². The molecule has 13 heteroatoms. The van der Waals surface area contributed by atoms with Crippen molar-refractivity contribution in [3.8, 4) is 11.3 Å². The van der Waals surface area contributed by atoms with Crippen molar-refractivity contribution in [3.63, 3.8) is 0 Å². The number of amides is 1. The van der Waals surface area contributed by atoms with Gasteiger partial charge in [-0.2, -0.15) is 13.2 Å². The number of ether oxygens (including phenoxy) is 2. The Morgan fingerprint density at radius 2 is 1.82 bits per heavy atom. The number of carbonyl (C=O) groups excluding carboxylic acids is 1. The minimum atomic E-state index is -4.21. The Balaban J connectivity index is 1.47. The van der Waals surface area contributed by atoms with Crippen molar-refractivity contribution in [2.45, 2.75) is 73.5 Å². The molecule has 3 heterocycles. The molecule has 9 nitrogen and oxygen atoms in total. The van der Waals surface area contributed by atoms with Gasteiger partial charge < -0.3 is 9.47 Å². The second-order valence-electron chi connectivity index (χ2n) is 9.34. The molecule has 2 aliphatic heterocycles. The van der Waals surface area contributed by atoms with Crippen molar-refractivity contribution in [3.05, 3.63) is 42.4 Å².